The van der Waals surface area contributed by atoms with Crippen LogP contribution in [0.2, 0.25) is 0 Å². The van der Waals surface area contributed by atoms with E-state index in [4.69, 9.17) is 9.84 Å². The number of carbonyl (C=O) groups is 1. The molecule has 1 N–H and O–H groups in total. The Kier molecular flexibility index (Phi) is 2.18. The average Bonchev–Trinajstić information content (AvgIpc) is 1.85. The van der Waals surface area contributed by atoms with Crippen molar-refractivity contribution in [2.24, 2.45) is 5.92 Å². The smallest absolute Gasteiger partial charge is 0.306 e. The third-order valence-electron chi connectivity index (χ3n) is 2.05. The summed E-state index contributed by atoms with van der Waals surface area (Å²) in [5, 5.41) is 8.71. The molecular formula is C8H14O3. The summed E-state index contributed by atoms with van der Waals surface area (Å²) >= 11 is 0. The highest BCUT2D eigenvalue weighted by Gasteiger charge is 2.32. The van der Waals surface area contributed by atoms with Gasteiger partial charge in [0.2, 0.25) is 0 Å². The fraction of sp³-hybridized carbons (Fsp3) is 0.875. The molecule has 1 heterocycles. The normalized spacial score (nSPS) is 29.8. The molecule has 1 atom stereocenters. The molecule has 0 radical (unpaired) electrons. The van der Waals surface area contributed by atoms with Crippen molar-refractivity contribution in [2.45, 2.75) is 32.3 Å². The molecule has 0 aromatic heterocycles. The van der Waals surface area contributed by atoms with Crippen molar-refractivity contribution in [3.05, 3.63) is 0 Å². The first-order valence-corrected chi connectivity index (χ1v) is 3.88. The second kappa shape index (κ2) is 2.81. The lowest BCUT2D eigenvalue weighted by atomic mass is 9.89. The molecule has 3 nitrogen and oxygen atoms in total. The van der Waals surface area contributed by atoms with Gasteiger partial charge in [-0.25, -0.2) is 0 Å². The van der Waals surface area contributed by atoms with Crippen molar-refractivity contribution >= 4 is 5.97 Å². The van der Waals surface area contributed by atoms with Crippen LogP contribution in [0.25, 0.3) is 0 Å². The number of ether oxygens (including phenoxy) is 1. The van der Waals surface area contributed by atoms with Gasteiger partial charge in [-0.15, -0.1) is 0 Å². The third kappa shape index (κ3) is 2.19. The van der Waals surface area contributed by atoms with E-state index in [1.807, 2.05) is 13.8 Å². The van der Waals surface area contributed by atoms with E-state index >= 15 is 0 Å². The van der Waals surface area contributed by atoms with E-state index in [-0.39, 0.29) is 11.5 Å². The predicted molar refractivity (Wildman–Crippen MR) is 40.4 cm³/mol. The summed E-state index contributed by atoms with van der Waals surface area (Å²) < 4.78 is 5.38. The maximum Gasteiger partial charge on any atom is 0.306 e. The highest BCUT2D eigenvalue weighted by Crippen LogP contribution is 2.28. The molecule has 0 amide bonds. The molecule has 0 aromatic rings. The lowest BCUT2D eigenvalue weighted by molar-refractivity contribution is -0.151. The van der Waals surface area contributed by atoms with Crippen LogP contribution in [-0.4, -0.2) is 23.3 Å². The van der Waals surface area contributed by atoms with E-state index in [0.29, 0.717) is 19.4 Å². The Hall–Kier alpha value is -0.570. The number of hydrogen-bond acceptors (Lipinski definition) is 2. The van der Waals surface area contributed by atoms with E-state index in [1.165, 1.54) is 0 Å². The van der Waals surface area contributed by atoms with Crippen molar-refractivity contribution in [3.63, 3.8) is 0 Å². The van der Waals surface area contributed by atoms with E-state index in [1.54, 1.807) is 0 Å². The van der Waals surface area contributed by atoms with Gasteiger partial charge in [0.25, 0.3) is 0 Å². The van der Waals surface area contributed by atoms with Crippen molar-refractivity contribution in [1.82, 2.24) is 0 Å². The monoisotopic (exact) mass is 158 g/mol. The lowest BCUT2D eigenvalue weighted by Gasteiger charge is -2.33. The lowest BCUT2D eigenvalue weighted by Crippen LogP contribution is -2.36. The third-order valence-corrected chi connectivity index (χ3v) is 2.05. The van der Waals surface area contributed by atoms with Crippen LogP contribution in [0, 0.1) is 5.92 Å². The fourth-order valence-electron chi connectivity index (χ4n) is 1.44. The molecule has 0 unspecified atom stereocenters. The van der Waals surface area contributed by atoms with Crippen LogP contribution in [0.15, 0.2) is 0 Å². The van der Waals surface area contributed by atoms with Gasteiger partial charge in [0.05, 0.1) is 11.5 Å². The van der Waals surface area contributed by atoms with Gasteiger partial charge in [0.15, 0.2) is 0 Å². The number of carboxylic acids is 1. The van der Waals surface area contributed by atoms with Gasteiger partial charge in [0, 0.05) is 6.61 Å². The summed E-state index contributed by atoms with van der Waals surface area (Å²) in [5.41, 5.74) is -0.249. The van der Waals surface area contributed by atoms with Crippen LogP contribution in [0.3, 0.4) is 0 Å². The predicted octanol–water partition coefficient (Wildman–Crippen LogP) is 1.28. The Morgan fingerprint density at radius 3 is 2.64 bits per heavy atom. The standard InChI is InChI=1S/C8H14O3/c1-8(2)5-6(7(9)10)3-4-11-8/h6H,3-5H2,1-2H3,(H,9,10)/t6-/m1/s1. The summed E-state index contributed by atoms with van der Waals surface area (Å²) in [5.74, 6) is -0.903. The quantitative estimate of drug-likeness (QED) is 0.625. The van der Waals surface area contributed by atoms with Crippen LogP contribution in [0.5, 0.6) is 0 Å². The number of hydrogen-bond donors (Lipinski definition) is 1. The molecule has 64 valence electrons. The molecule has 1 saturated heterocycles. The molecule has 1 fully saturated rings. The van der Waals surface area contributed by atoms with Crippen molar-refractivity contribution in [3.8, 4) is 0 Å². The zero-order valence-corrected chi connectivity index (χ0v) is 6.96. The van der Waals surface area contributed by atoms with Gasteiger partial charge < -0.3 is 9.84 Å². The minimum absolute atomic E-state index is 0.209. The summed E-state index contributed by atoms with van der Waals surface area (Å²) in [6, 6.07) is 0. The van der Waals surface area contributed by atoms with Crippen molar-refractivity contribution < 1.29 is 14.6 Å². The van der Waals surface area contributed by atoms with E-state index in [2.05, 4.69) is 0 Å². The SMILES string of the molecule is CC1(C)C[C@H](C(=O)O)CCO1. The zero-order valence-electron chi connectivity index (χ0n) is 6.96. The molecule has 0 spiro atoms. The molecule has 1 rings (SSSR count). The molecule has 1 aliphatic rings. The van der Waals surface area contributed by atoms with Crippen LogP contribution in [-0.2, 0) is 9.53 Å². The first-order chi connectivity index (χ1) is 5.01. The average molecular weight is 158 g/mol. The maximum atomic E-state index is 10.6. The van der Waals surface area contributed by atoms with E-state index < -0.39 is 5.97 Å². The molecule has 0 aliphatic carbocycles. The Labute approximate surface area is 66.4 Å². The topological polar surface area (TPSA) is 46.5 Å². The fourth-order valence-corrected chi connectivity index (χ4v) is 1.44. The minimum atomic E-state index is -0.693. The second-order valence-corrected chi connectivity index (χ2v) is 3.64. The van der Waals surface area contributed by atoms with E-state index in [0.717, 1.165) is 0 Å². The molecule has 0 saturated carbocycles. The number of carboxylic acid groups (broad SMARTS) is 1. The first-order valence-electron chi connectivity index (χ1n) is 3.88. The highest BCUT2D eigenvalue weighted by molar-refractivity contribution is 5.70. The van der Waals surface area contributed by atoms with Crippen LogP contribution >= 0.6 is 0 Å². The van der Waals surface area contributed by atoms with Gasteiger partial charge >= 0.3 is 5.97 Å². The number of aliphatic carboxylic acids is 1. The minimum Gasteiger partial charge on any atom is -0.481 e. The Morgan fingerprint density at radius 1 is 1.64 bits per heavy atom. The highest BCUT2D eigenvalue weighted by atomic mass is 16.5. The molecule has 0 aromatic carbocycles. The van der Waals surface area contributed by atoms with Crippen LogP contribution < -0.4 is 0 Å². The summed E-state index contributed by atoms with van der Waals surface area (Å²) in [7, 11) is 0. The van der Waals surface area contributed by atoms with E-state index in [9.17, 15) is 4.79 Å². The first kappa shape index (κ1) is 8.53. The summed E-state index contributed by atoms with van der Waals surface area (Å²) in [6.45, 7) is 4.44. The molecule has 1 aliphatic heterocycles. The molecule has 3 heteroatoms. The van der Waals surface area contributed by atoms with Crippen LogP contribution in [0.1, 0.15) is 26.7 Å². The molecular weight excluding hydrogens is 144 g/mol. The maximum absolute atomic E-state index is 10.6. The Bertz CT molecular complexity index is 163. The molecule has 11 heavy (non-hydrogen) atoms. The van der Waals surface area contributed by atoms with Gasteiger partial charge in [0.1, 0.15) is 0 Å². The van der Waals surface area contributed by atoms with Crippen molar-refractivity contribution in [1.29, 1.82) is 0 Å². The summed E-state index contributed by atoms with van der Waals surface area (Å²) in [4.78, 5) is 10.6. The zero-order chi connectivity index (χ0) is 8.48. The van der Waals surface area contributed by atoms with Gasteiger partial charge in [-0.1, -0.05) is 0 Å². The van der Waals surface area contributed by atoms with Gasteiger partial charge in [-0.2, -0.15) is 0 Å². The van der Waals surface area contributed by atoms with Crippen LogP contribution in [0.4, 0.5) is 0 Å². The second-order valence-electron chi connectivity index (χ2n) is 3.64. The summed E-state index contributed by atoms with van der Waals surface area (Å²) in [6.07, 6.45) is 1.28. The largest absolute Gasteiger partial charge is 0.481 e. The Balaban J connectivity index is 2.53. The number of rotatable bonds is 1. The van der Waals surface area contributed by atoms with Gasteiger partial charge in [-0.3, -0.25) is 4.79 Å². The van der Waals surface area contributed by atoms with Crippen molar-refractivity contribution in [2.75, 3.05) is 6.61 Å². The Morgan fingerprint density at radius 2 is 2.27 bits per heavy atom. The van der Waals surface area contributed by atoms with Gasteiger partial charge in [-0.05, 0) is 26.7 Å². The molecule has 0 bridgehead atoms.